The van der Waals surface area contributed by atoms with Crippen molar-refractivity contribution in [3.8, 4) is 0 Å². The van der Waals surface area contributed by atoms with Crippen LogP contribution in [0.25, 0.3) is 0 Å². The van der Waals surface area contributed by atoms with Crippen LogP contribution in [0.1, 0.15) is 5.69 Å². The van der Waals surface area contributed by atoms with Crippen molar-refractivity contribution in [1.82, 2.24) is 10.3 Å². The van der Waals surface area contributed by atoms with Crippen LogP contribution in [0.5, 0.6) is 0 Å². The molecule has 0 unspecified atom stereocenters. The fourth-order valence-corrected chi connectivity index (χ4v) is 2.03. The number of aromatic nitrogens is 2. The van der Waals surface area contributed by atoms with E-state index in [0.29, 0.717) is 11.6 Å². The van der Waals surface area contributed by atoms with Crippen LogP contribution in [-0.2, 0) is 0 Å². The van der Waals surface area contributed by atoms with Crippen LogP contribution in [0, 0.1) is 11.2 Å². The predicted octanol–water partition coefficient (Wildman–Crippen LogP) is 0.878. The molecule has 0 bridgehead atoms. The smallest absolute Gasteiger partial charge is 0.202 e. The molecule has 12 heteroatoms. The summed E-state index contributed by atoms with van der Waals surface area (Å²) in [6.45, 7) is 0.579. The maximum Gasteiger partial charge on any atom is 0.202 e. The third-order valence-corrected chi connectivity index (χ3v) is 3.38. The minimum atomic E-state index is -0.496. The van der Waals surface area contributed by atoms with Gasteiger partial charge in [-0.1, -0.05) is 0 Å². The largest absolute Gasteiger partial charge is 0.370 e. The number of halogens is 2. The van der Waals surface area contributed by atoms with E-state index in [-0.39, 0.29) is 34.2 Å². The highest BCUT2D eigenvalue weighted by atomic mass is 79.9. The molecule has 0 spiro atoms. The summed E-state index contributed by atoms with van der Waals surface area (Å²) in [6, 6.07) is 3.75. The van der Waals surface area contributed by atoms with E-state index in [0.717, 1.165) is 6.07 Å². The van der Waals surface area contributed by atoms with Crippen molar-refractivity contribution in [1.29, 1.82) is 5.41 Å². The zero-order valence-electron chi connectivity index (χ0n) is 12.2. The molecule has 0 aliphatic carbocycles. The highest BCUT2D eigenvalue weighted by Crippen LogP contribution is 2.24. The second kappa shape index (κ2) is 7.70. The number of nitrogens with two attached hydrogens (primary N) is 2. The summed E-state index contributed by atoms with van der Waals surface area (Å²) >= 11 is 3.01. The van der Waals surface area contributed by atoms with E-state index in [9.17, 15) is 9.60 Å². The lowest BCUT2D eigenvalue weighted by Crippen LogP contribution is -2.28. The van der Waals surface area contributed by atoms with Gasteiger partial charge in [0.05, 0.1) is 16.7 Å². The van der Waals surface area contributed by atoms with Gasteiger partial charge >= 0.3 is 0 Å². The number of anilines is 2. The molecule has 0 aliphatic heterocycles. The number of rotatable bonds is 6. The van der Waals surface area contributed by atoms with Crippen molar-refractivity contribution in [2.24, 2.45) is 16.5 Å². The van der Waals surface area contributed by atoms with Crippen molar-refractivity contribution >= 4 is 39.2 Å². The first-order chi connectivity index (χ1) is 11.4. The van der Waals surface area contributed by atoms with Crippen LogP contribution in [0.3, 0.4) is 0 Å². The van der Waals surface area contributed by atoms with Gasteiger partial charge in [-0.25, -0.2) is 14.1 Å². The Kier molecular flexibility index (Phi) is 5.65. The van der Waals surface area contributed by atoms with Crippen LogP contribution < -0.4 is 21.8 Å². The monoisotopic (exact) mass is 400 g/mol. The minimum absolute atomic E-state index is 0.0392. The van der Waals surface area contributed by atoms with Gasteiger partial charge in [-0.05, 0) is 44.4 Å². The fourth-order valence-electron chi connectivity index (χ4n) is 1.67. The van der Waals surface area contributed by atoms with Gasteiger partial charge in [0.2, 0.25) is 5.82 Å². The maximum atomic E-state index is 13.3. The molecule has 0 saturated heterocycles. The standard InChI is InChI=1S/C12H14BrFN8O2/c13-7-5-6(1-2-8(7)14)22(23)10(15)9-11(21-24-20-9)18-3-4-19-12(16)17/h1-2,5,15,23H,3-4H2,(H,18,21)(H4,16,17,19). The molecular formula is C12H14BrFN8O2. The summed E-state index contributed by atoms with van der Waals surface area (Å²) in [4.78, 5) is 3.78. The predicted molar refractivity (Wildman–Crippen MR) is 88.7 cm³/mol. The van der Waals surface area contributed by atoms with E-state index in [2.05, 4.69) is 41.2 Å². The molecule has 128 valence electrons. The molecule has 0 saturated carbocycles. The van der Waals surface area contributed by atoms with Gasteiger partial charge in [-0.3, -0.25) is 15.6 Å². The number of hydrogen-bond acceptors (Lipinski definition) is 7. The quantitative estimate of drug-likeness (QED) is 0.206. The molecule has 7 N–H and O–H groups in total. The van der Waals surface area contributed by atoms with Gasteiger partial charge in [-0.2, -0.15) is 0 Å². The molecule has 24 heavy (non-hydrogen) atoms. The Morgan fingerprint density at radius 3 is 2.88 bits per heavy atom. The Hall–Kier alpha value is -2.73. The molecule has 10 nitrogen and oxygen atoms in total. The van der Waals surface area contributed by atoms with Gasteiger partial charge in [0, 0.05) is 6.54 Å². The third kappa shape index (κ3) is 4.17. The topological polar surface area (TPSA) is 163 Å². The SMILES string of the molecule is N=C(c1nonc1NCCN=C(N)N)N(O)c1ccc(F)c(Br)c1. The molecule has 1 aromatic heterocycles. The summed E-state index contributed by atoms with van der Waals surface area (Å²) in [5, 5.41) is 28.6. The van der Waals surface area contributed by atoms with Crippen LogP contribution in [-0.4, -0.2) is 40.4 Å². The zero-order valence-corrected chi connectivity index (χ0v) is 13.8. The van der Waals surface area contributed by atoms with Crippen molar-refractivity contribution in [3.05, 3.63) is 34.2 Å². The molecule has 0 aliphatic rings. The summed E-state index contributed by atoms with van der Waals surface area (Å²) in [7, 11) is 0. The number of hydrogen-bond donors (Lipinski definition) is 5. The lowest BCUT2D eigenvalue weighted by atomic mass is 10.3. The molecule has 0 radical (unpaired) electrons. The van der Waals surface area contributed by atoms with Gasteiger partial charge in [0.25, 0.3) is 0 Å². The molecule has 1 heterocycles. The Morgan fingerprint density at radius 2 is 2.21 bits per heavy atom. The van der Waals surface area contributed by atoms with E-state index in [1.54, 1.807) is 0 Å². The number of nitrogens with one attached hydrogen (secondary N) is 2. The highest BCUT2D eigenvalue weighted by molar-refractivity contribution is 9.10. The van der Waals surface area contributed by atoms with Gasteiger partial charge < -0.3 is 16.8 Å². The second-order valence-electron chi connectivity index (χ2n) is 4.45. The maximum absolute atomic E-state index is 13.3. The second-order valence-corrected chi connectivity index (χ2v) is 5.31. The van der Waals surface area contributed by atoms with E-state index >= 15 is 0 Å². The number of nitrogens with zero attached hydrogens (tertiary/aromatic N) is 4. The van der Waals surface area contributed by atoms with E-state index in [1.807, 2.05) is 0 Å². The Labute approximate surface area is 143 Å². The van der Waals surface area contributed by atoms with Crippen LogP contribution in [0.2, 0.25) is 0 Å². The fraction of sp³-hybridized carbons (Fsp3) is 0.167. The summed E-state index contributed by atoms with van der Waals surface area (Å²) in [5.41, 5.74) is 10.5. The summed E-state index contributed by atoms with van der Waals surface area (Å²) in [5.74, 6) is -0.833. The van der Waals surface area contributed by atoms with Crippen molar-refractivity contribution < 1.29 is 14.2 Å². The average Bonchev–Trinajstić information content (AvgIpc) is 3.01. The number of amidine groups is 1. The number of aliphatic imine (C=N–C) groups is 1. The van der Waals surface area contributed by atoms with Crippen LogP contribution in [0.4, 0.5) is 15.9 Å². The lowest BCUT2D eigenvalue weighted by Gasteiger charge is -2.16. The van der Waals surface area contributed by atoms with E-state index in [4.69, 9.17) is 16.9 Å². The lowest BCUT2D eigenvalue weighted by molar-refractivity contribution is 0.300. The van der Waals surface area contributed by atoms with Gasteiger partial charge in [0.15, 0.2) is 17.5 Å². The van der Waals surface area contributed by atoms with Gasteiger partial charge in [-0.15, -0.1) is 0 Å². The summed E-state index contributed by atoms with van der Waals surface area (Å²) in [6.07, 6.45) is 0. The molecule has 1 aromatic carbocycles. The number of guanidine groups is 1. The van der Waals surface area contributed by atoms with Gasteiger partial charge in [0.1, 0.15) is 5.82 Å². The molecule has 2 aromatic rings. The first-order valence-corrected chi connectivity index (χ1v) is 7.34. The van der Waals surface area contributed by atoms with Crippen molar-refractivity contribution in [2.45, 2.75) is 0 Å². The first-order valence-electron chi connectivity index (χ1n) is 6.55. The molecule has 2 rings (SSSR count). The highest BCUT2D eigenvalue weighted by Gasteiger charge is 2.21. The molecule has 0 fully saturated rings. The molecular weight excluding hydrogens is 387 g/mol. The van der Waals surface area contributed by atoms with E-state index in [1.165, 1.54) is 12.1 Å². The van der Waals surface area contributed by atoms with Crippen molar-refractivity contribution in [2.75, 3.05) is 23.5 Å². The van der Waals surface area contributed by atoms with Crippen molar-refractivity contribution in [3.63, 3.8) is 0 Å². The normalized spacial score (nSPS) is 10.3. The zero-order chi connectivity index (χ0) is 17.7. The summed E-state index contributed by atoms with van der Waals surface area (Å²) < 4.78 is 18.0. The molecule has 0 atom stereocenters. The Bertz CT molecular complexity index is 761. The third-order valence-electron chi connectivity index (χ3n) is 2.77. The number of benzene rings is 1. The van der Waals surface area contributed by atoms with Crippen LogP contribution in [0.15, 0.2) is 32.3 Å². The van der Waals surface area contributed by atoms with Crippen LogP contribution >= 0.6 is 15.9 Å². The Morgan fingerprint density at radius 1 is 1.46 bits per heavy atom. The Balaban J connectivity index is 2.10. The minimum Gasteiger partial charge on any atom is -0.370 e. The molecule has 0 amide bonds. The number of hydroxylamine groups is 1. The first kappa shape index (κ1) is 17.6. The van der Waals surface area contributed by atoms with E-state index < -0.39 is 11.7 Å². The average molecular weight is 401 g/mol.